The van der Waals surface area contributed by atoms with Crippen LogP contribution in [0.25, 0.3) is 0 Å². The second-order valence-electron chi connectivity index (χ2n) is 5.40. The number of benzene rings is 2. The van der Waals surface area contributed by atoms with Crippen LogP contribution in [0.1, 0.15) is 24.0 Å². The summed E-state index contributed by atoms with van der Waals surface area (Å²) in [4.78, 5) is 2.31. The van der Waals surface area contributed by atoms with Crippen molar-refractivity contribution >= 4 is 0 Å². The fraction of sp³-hybridized carbons (Fsp3) is 0.263. The highest BCUT2D eigenvalue weighted by Gasteiger charge is 2.22. The Balaban J connectivity index is 1.73. The summed E-state index contributed by atoms with van der Waals surface area (Å²) in [6.45, 7) is 6.12. The molecule has 0 spiro atoms. The van der Waals surface area contributed by atoms with E-state index >= 15 is 0 Å². The lowest BCUT2D eigenvalue weighted by Crippen LogP contribution is -2.38. The lowest BCUT2D eigenvalue weighted by Gasteiger charge is -2.33. The Labute approximate surface area is 127 Å². The van der Waals surface area contributed by atoms with Gasteiger partial charge in [0.2, 0.25) is 0 Å². The van der Waals surface area contributed by atoms with Gasteiger partial charge in [-0.2, -0.15) is 0 Å². The average molecular weight is 279 g/mol. The second kappa shape index (κ2) is 7.39. The Kier molecular flexibility index (Phi) is 5.03. The molecule has 0 bridgehead atoms. The molecule has 0 N–H and O–H groups in total. The minimum atomic E-state index is 0.416. The van der Waals surface area contributed by atoms with Crippen LogP contribution in [0.2, 0.25) is 0 Å². The molecule has 1 saturated heterocycles. The van der Waals surface area contributed by atoms with Crippen LogP contribution in [0.4, 0.5) is 0 Å². The van der Waals surface area contributed by atoms with E-state index in [9.17, 15) is 0 Å². The third-order valence-corrected chi connectivity index (χ3v) is 3.75. The Morgan fingerprint density at radius 2 is 1.43 bits per heavy atom. The van der Waals surface area contributed by atoms with Crippen LogP contribution in [-0.4, -0.2) is 24.2 Å². The maximum atomic E-state index is 5.66. The summed E-state index contributed by atoms with van der Waals surface area (Å²) in [6.07, 6.45) is 2.30. The van der Waals surface area contributed by atoms with E-state index < -0.39 is 0 Å². The largest absolute Gasteiger partial charge is 0.380 e. The molecule has 0 saturated carbocycles. The number of rotatable bonds is 5. The molecule has 1 fully saturated rings. The molecule has 2 heteroatoms. The SMILES string of the molecule is [CH](c1ccccc1)N([CH]c1ccccc1)C1CCCOC1. The molecule has 2 radical (unpaired) electrons. The van der Waals surface area contributed by atoms with Gasteiger partial charge in [0.1, 0.15) is 0 Å². The van der Waals surface area contributed by atoms with E-state index in [-0.39, 0.29) is 0 Å². The molecule has 1 aliphatic heterocycles. The average Bonchev–Trinajstić information content (AvgIpc) is 2.57. The van der Waals surface area contributed by atoms with Gasteiger partial charge in [-0.25, -0.2) is 0 Å². The minimum Gasteiger partial charge on any atom is -0.380 e. The van der Waals surface area contributed by atoms with E-state index in [2.05, 4.69) is 66.5 Å². The van der Waals surface area contributed by atoms with Crippen molar-refractivity contribution in [3.63, 3.8) is 0 Å². The van der Waals surface area contributed by atoms with Gasteiger partial charge < -0.3 is 4.74 Å². The molecule has 108 valence electrons. The van der Waals surface area contributed by atoms with Crippen LogP contribution in [0.5, 0.6) is 0 Å². The number of hydrogen-bond donors (Lipinski definition) is 0. The molecule has 2 nitrogen and oxygen atoms in total. The number of ether oxygens (including phenoxy) is 1. The zero-order chi connectivity index (χ0) is 14.3. The first-order valence-corrected chi connectivity index (χ1v) is 7.57. The third kappa shape index (κ3) is 4.16. The van der Waals surface area contributed by atoms with Gasteiger partial charge in [-0.05, 0) is 24.0 Å². The molecule has 21 heavy (non-hydrogen) atoms. The highest BCUT2D eigenvalue weighted by molar-refractivity contribution is 5.27. The maximum absolute atomic E-state index is 5.66. The van der Waals surface area contributed by atoms with Gasteiger partial charge in [0, 0.05) is 12.6 Å². The van der Waals surface area contributed by atoms with Crippen molar-refractivity contribution in [2.45, 2.75) is 18.9 Å². The molecule has 0 amide bonds. The fourth-order valence-corrected chi connectivity index (χ4v) is 2.63. The van der Waals surface area contributed by atoms with Crippen LogP contribution in [0.3, 0.4) is 0 Å². The zero-order valence-corrected chi connectivity index (χ0v) is 12.2. The fourth-order valence-electron chi connectivity index (χ4n) is 2.63. The van der Waals surface area contributed by atoms with Crippen molar-refractivity contribution in [1.82, 2.24) is 4.90 Å². The van der Waals surface area contributed by atoms with Gasteiger partial charge in [-0.1, -0.05) is 60.7 Å². The molecule has 2 aromatic carbocycles. The van der Waals surface area contributed by atoms with Gasteiger partial charge >= 0.3 is 0 Å². The summed E-state index contributed by atoms with van der Waals surface area (Å²) in [5.41, 5.74) is 2.44. The molecule has 1 aliphatic rings. The summed E-state index contributed by atoms with van der Waals surface area (Å²) in [7, 11) is 0. The van der Waals surface area contributed by atoms with Crippen LogP contribution < -0.4 is 0 Å². The van der Waals surface area contributed by atoms with Crippen molar-refractivity contribution in [1.29, 1.82) is 0 Å². The van der Waals surface area contributed by atoms with Crippen molar-refractivity contribution in [2.75, 3.05) is 13.2 Å². The van der Waals surface area contributed by atoms with Crippen molar-refractivity contribution in [3.8, 4) is 0 Å². The summed E-state index contributed by atoms with van der Waals surface area (Å²) in [6, 6.07) is 21.3. The smallest absolute Gasteiger partial charge is 0.0622 e. The molecule has 3 rings (SSSR count). The second-order valence-corrected chi connectivity index (χ2v) is 5.40. The highest BCUT2D eigenvalue weighted by atomic mass is 16.5. The number of nitrogens with zero attached hydrogens (tertiary/aromatic N) is 1. The molecular formula is C19H21NO. The Morgan fingerprint density at radius 1 is 0.857 bits per heavy atom. The van der Waals surface area contributed by atoms with E-state index in [1.165, 1.54) is 17.5 Å². The molecule has 1 heterocycles. The van der Waals surface area contributed by atoms with Gasteiger partial charge in [0.25, 0.3) is 0 Å². The summed E-state index contributed by atoms with van der Waals surface area (Å²) in [5, 5.41) is 0. The van der Waals surface area contributed by atoms with E-state index in [1.807, 2.05) is 12.1 Å². The summed E-state index contributed by atoms with van der Waals surface area (Å²) >= 11 is 0. The quantitative estimate of drug-likeness (QED) is 0.823. The van der Waals surface area contributed by atoms with Gasteiger partial charge in [-0.15, -0.1) is 0 Å². The maximum Gasteiger partial charge on any atom is 0.0622 e. The molecule has 1 unspecified atom stereocenters. The monoisotopic (exact) mass is 279 g/mol. The number of hydrogen-bond acceptors (Lipinski definition) is 2. The molecule has 2 aromatic rings. The molecule has 1 atom stereocenters. The van der Waals surface area contributed by atoms with Gasteiger partial charge in [0.05, 0.1) is 19.7 Å². The van der Waals surface area contributed by atoms with E-state index in [1.54, 1.807) is 0 Å². The summed E-state index contributed by atoms with van der Waals surface area (Å²) in [5.74, 6) is 0. The Bertz CT molecular complexity index is 478. The third-order valence-electron chi connectivity index (χ3n) is 3.75. The first kappa shape index (κ1) is 14.3. The van der Waals surface area contributed by atoms with Crippen LogP contribution in [0.15, 0.2) is 60.7 Å². The van der Waals surface area contributed by atoms with Gasteiger partial charge in [0.15, 0.2) is 0 Å². The normalized spacial score (nSPS) is 18.8. The predicted octanol–water partition coefficient (Wildman–Crippen LogP) is 3.89. The molecular weight excluding hydrogens is 258 g/mol. The van der Waals surface area contributed by atoms with Crippen molar-refractivity contribution in [3.05, 3.63) is 84.9 Å². The lowest BCUT2D eigenvalue weighted by molar-refractivity contribution is 0.0401. The van der Waals surface area contributed by atoms with Crippen LogP contribution >= 0.6 is 0 Å². The zero-order valence-electron chi connectivity index (χ0n) is 12.2. The highest BCUT2D eigenvalue weighted by Crippen LogP contribution is 2.21. The van der Waals surface area contributed by atoms with Crippen LogP contribution in [-0.2, 0) is 4.74 Å². The van der Waals surface area contributed by atoms with Crippen molar-refractivity contribution in [2.24, 2.45) is 0 Å². The van der Waals surface area contributed by atoms with E-state index in [4.69, 9.17) is 4.74 Å². The standard InChI is InChI=1S/C19H21NO/c1-3-8-17(9-4-1)14-20(19-12-7-13-21-16-19)15-18-10-5-2-6-11-18/h1-6,8-11,14-15,19H,7,12-13,16H2. The van der Waals surface area contributed by atoms with Gasteiger partial charge in [-0.3, -0.25) is 4.90 Å². The lowest BCUT2D eigenvalue weighted by atomic mass is 10.1. The first-order chi connectivity index (χ1) is 10.4. The first-order valence-electron chi connectivity index (χ1n) is 7.57. The van der Waals surface area contributed by atoms with Crippen LogP contribution in [0, 0.1) is 13.1 Å². The van der Waals surface area contributed by atoms with E-state index in [0.29, 0.717) is 6.04 Å². The molecule has 0 aliphatic carbocycles. The Morgan fingerprint density at radius 3 is 1.90 bits per heavy atom. The minimum absolute atomic E-state index is 0.416. The summed E-state index contributed by atoms with van der Waals surface area (Å²) < 4.78 is 5.66. The van der Waals surface area contributed by atoms with E-state index in [0.717, 1.165) is 19.6 Å². The molecule has 0 aromatic heterocycles. The van der Waals surface area contributed by atoms with Crippen molar-refractivity contribution < 1.29 is 4.74 Å². The topological polar surface area (TPSA) is 12.5 Å². The predicted molar refractivity (Wildman–Crippen MR) is 85.4 cm³/mol. The Hall–Kier alpha value is -1.64.